The molecule has 0 aliphatic rings. The zero-order chi connectivity index (χ0) is 45.0. The number of aromatic nitrogens is 4. The van der Waals surface area contributed by atoms with E-state index in [1.807, 2.05) is 12.1 Å². The van der Waals surface area contributed by atoms with Gasteiger partial charge in [0, 0.05) is 49.6 Å². The molecule has 0 bridgehead atoms. The van der Waals surface area contributed by atoms with Gasteiger partial charge in [0.25, 0.3) is 0 Å². The van der Waals surface area contributed by atoms with Crippen molar-refractivity contribution in [1.82, 2.24) is 19.1 Å². The molecule has 318 valence electrons. The maximum Gasteiger partial charge on any atom is 0.160 e. The number of benzene rings is 10. The van der Waals surface area contributed by atoms with Crippen LogP contribution in [0.2, 0.25) is 0 Å². The van der Waals surface area contributed by atoms with Crippen LogP contribution in [0.5, 0.6) is 0 Å². The first-order chi connectivity index (χ1) is 33.7. The minimum Gasteiger partial charge on any atom is -0.307 e. The van der Waals surface area contributed by atoms with Gasteiger partial charge in [-0.2, -0.15) is 0 Å². The minimum atomic E-state index is 0.681. The Morgan fingerprint density at radius 3 is 0.971 bits per heavy atom. The first-order valence-electron chi connectivity index (χ1n) is 23.1. The Balaban J connectivity index is 0.936. The van der Waals surface area contributed by atoms with Crippen molar-refractivity contribution in [3.63, 3.8) is 0 Å². The van der Waals surface area contributed by atoms with Crippen molar-refractivity contribution >= 4 is 43.6 Å². The van der Waals surface area contributed by atoms with Crippen molar-refractivity contribution in [2.75, 3.05) is 0 Å². The highest BCUT2D eigenvalue weighted by Crippen LogP contribution is 2.42. The number of nitrogens with zero attached hydrogens (tertiary/aromatic N) is 4. The van der Waals surface area contributed by atoms with Gasteiger partial charge >= 0.3 is 0 Å². The van der Waals surface area contributed by atoms with Crippen LogP contribution in [0, 0.1) is 0 Å². The normalized spacial score (nSPS) is 11.5. The van der Waals surface area contributed by atoms with Crippen molar-refractivity contribution < 1.29 is 0 Å². The Kier molecular flexibility index (Phi) is 9.47. The summed E-state index contributed by atoms with van der Waals surface area (Å²) >= 11 is 0. The van der Waals surface area contributed by atoms with E-state index >= 15 is 0 Å². The molecule has 0 fully saturated rings. The van der Waals surface area contributed by atoms with Gasteiger partial charge in [-0.1, -0.05) is 200 Å². The third-order valence-corrected chi connectivity index (χ3v) is 13.4. The van der Waals surface area contributed by atoms with Gasteiger partial charge in [0.05, 0.1) is 33.5 Å². The zero-order valence-electron chi connectivity index (χ0n) is 37.0. The summed E-state index contributed by atoms with van der Waals surface area (Å²) in [6, 6.07) is 91.0. The van der Waals surface area contributed by atoms with E-state index in [4.69, 9.17) is 9.97 Å². The van der Waals surface area contributed by atoms with E-state index in [0.717, 1.165) is 50.5 Å². The van der Waals surface area contributed by atoms with Gasteiger partial charge < -0.3 is 9.13 Å². The van der Waals surface area contributed by atoms with Crippen LogP contribution in [0.1, 0.15) is 0 Å². The number of fused-ring (bicyclic) bond motifs is 7. The summed E-state index contributed by atoms with van der Waals surface area (Å²) < 4.78 is 4.89. The second-order valence-electron chi connectivity index (χ2n) is 17.4. The van der Waals surface area contributed by atoms with E-state index in [-0.39, 0.29) is 0 Å². The Labute approximate surface area is 394 Å². The SMILES string of the molecule is c1ccc(-c2ccc(-c3ccc(-n4c5ccccc5c5ccc6c7ccccc7n(-c7ccc(-c8nc(-c9ccccc9)cc(-c9ccc(-c%10ccccc%10)cc9)n8)cc7)c6c54)cc3)cc2)cc1. The van der Waals surface area contributed by atoms with Crippen LogP contribution in [-0.4, -0.2) is 19.1 Å². The highest BCUT2D eigenvalue weighted by molar-refractivity contribution is 6.23. The maximum atomic E-state index is 5.23. The van der Waals surface area contributed by atoms with Crippen molar-refractivity contribution in [2.24, 2.45) is 0 Å². The van der Waals surface area contributed by atoms with Gasteiger partial charge in [0.1, 0.15) is 0 Å². The van der Waals surface area contributed by atoms with Crippen LogP contribution in [0.15, 0.2) is 255 Å². The maximum absolute atomic E-state index is 5.23. The molecule has 0 amide bonds. The first kappa shape index (κ1) is 39.3. The van der Waals surface area contributed by atoms with Crippen LogP contribution >= 0.6 is 0 Å². The van der Waals surface area contributed by atoms with Gasteiger partial charge in [0.15, 0.2) is 5.82 Å². The molecule has 0 spiro atoms. The fourth-order valence-electron chi connectivity index (χ4n) is 10.0. The summed E-state index contributed by atoms with van der Waals surface area (Å²) in [6.45, 7) is 0. The lowest BCUT2D eigenvalue weighted by Gasteiger charge is -2.14. The molecular formula is C64H42N4. The number of hydrogen-bond donors (Lipinski definition) is 0. The third-order valence-electron chi connectivity index (χ3n) is 13.4. The van der Waals surface area contributed by atoms with Gasteiger partial charge in [-0.25, -0.2) is 9.97 Å². The molecule has 10 aromatic carbocycles. The van der Waals surface area contributed by atoms with Gasteiger partial charge in [0.2, 0.25) is 0 Å². The molecule has 3 heterocycles. The van der Waals surface area contributed by atoms with E-state index < -0.39 is 0 Å². The Morgan fingerprint density at radius 1 is 0.235 bits per heavy atom. The topological polar surface area (TPSA) is 35.6 Å². The average molecular weight is 867 g/mol. The van der Waals surface area contributed by atoms with Crippen molar-refractivity contribution in [1.29, 1.82) is 0 Å². The molecule has 0 radical (unpaired) electrons. The minimum absolute atomic E-state index is 0.681. The fourth-order valence-corrected chi connectivity index (χ4v) is 10.0. The fraction of sp³-hybridized carbons (Fsp3) is 0. The Morgan fingerprint density at radius 2 is 0.544 bits per heavy atom. The summed E-state index contributed by atoms with van der Waals surface area (Å²) in [7, 11) is 0. The summed E-state index contributed by atoms with van der Waals surface area (Å²) in [5, 5.41) is 4.85. The second kappa shape index (κ2) is 16.4. The monoisotopic (exact) mass is 866 g/mol. The molecule has 4 nitrogen and oxygen atoms in total. The highest BCUT2D eigenvalue weighted by Gasteiger charge is 2.22. The molecular weight excluding hydrogens is 825 g/mol. The molecule has 68 heavy (non-hydrogen) atoms. The first-order valence-corrected chi connectivity index (χ1v) is 23.1. The molecule has 0 atom stereocenters. The van der Waals surface area contributed by atoms with Crippen LogP contribution in [0.25, 0.3) is 122 Å². The number of rotatable bonds is 8. The van der Waals surface area contributed by atoms with E-state index in [1.165, 1.54) is 66.0 Å². The van der Waals surface area contributed by atoms with Crippen molar-refractivity contribution in [2.45, 2.75) is 0 Å². The lowest BCUT2D eigenvalue weighted by molar-refractivity contribution is 1.14. The standard InChI is InChI=1S/C64H42N4/c1-4-14-43(15-5-1)45-24-26-47(27-25-45)48-32-36-52(37-33-48)67-60-22-12-10-20-54(60)56-40-41-57-55-21-11-13-23-61(55)68(63(57)62(56)67)53-38-34-51(35-39-53)64-65-58(49-18-8-3-9-19-49)42-59(66-64)50-30-28-46(29-31-50)44-16-6-2-7-17-44/h1-42H. The predicted molar refractivity (Wildman–Crippen MR) is 283 cm³/mol. The zero-order valence-corrected chi connectivity index (χ0v) is 37.0. The molecule has 0 aliphatic heterocycles. The number of para-hydroxylation sites is 2. The predicted octanol–water partition coefficient (Wildman–Crippen LogP) is 16.7. The molecule has 0 saturated heterocycles. The van der Waals surface area contributed by atoms with E-state index in [2.05, 4.69) is 252 Å². The van der Waals surface area contributed by atoms with Crippen LogP contribution in [0.4, 0.5) is 0 Å². The van der Waals surface area contributed by atoms with Crippen LogP contribution < -0.4 is 0 Å². The number of hydrogen-bond acceptors (Lipinski definition) is 2. The third kappa shape index (κ3) is 6.78. The summed E-state index contributed by atoms with van der Waals surface area (Å²) in [5.74, 6) is 0.681. The lowest BCUT2D eigenvalue weighted by atomic mass is 10.0. The highest BCUT2D eigenvalue weighted by atomic mass is 15.0. The van der Waals surface area contributed by atoms with Crippen molar-refractivity contribution in [3.8, 4) is 78.7 Å². The van der Waals surface area contributed by atoms with E-state index in [0.29, 0.717) is 5.82 Å². The molecule has 13 aromatic rings. The lowest BCUT2D eigenvalue weighted by Crippen LogP contribution is -1.99. The smallest absolute Gasteiger partial charge is 0.160 e. The van der Waals surface area contributed by atoms with E-state index in [1.54, 1.807) is 0 Å². The summed E-state index contributed by atoms with van der Waals surface area (Å²) in [4.78, 5) is 10.4. The second-order valence-corrected chi connectivity index (χ2v) is 17.4. The van der Waals surface area contributed by atoms with Crippen molar-refractivity contribution in [3.05, 3.63) is 255 Å². The van der Waals surface area contributed by atoms with Crippen LogP contribution in [0.3, 0.4) is 0 Å². The van der Waals surface area contributed by atoms with Gasteiger partial charge in [-0.3, -0.25) is 0 Å². The molecule has 0 unspecified atom stereocenters. The summed E-state index contributed by atoms with van der Waals surface area (Å²) in [5.41, 5.74) is 18.8. The molecule has 0 saturated carbocycles. The molecule has 0 aliphatic carbocycles. The quantitative estimate of drug-likeness (QED) is 0.153. The van der Waals surface area contributed by atoms with E-state index in [9.17, 15) is 0 Å². The molecule has 0 N–H and O–H groups in total. The van der Waals surface area contributed by atoms with Gasteiger partial charge in [-0.15, -0.1) is 0 Å². The van der Waals surface area contributed by atoms with Gasteiger partial charge in [-0.05, 0) is 88.0 Å². The Hall–Kier alpha value is -9.12. The molecule has 4 heteroatoms. The summed E-state index contributed by atoms with van der Waals surface area (Å²) in [6.07, 6.45) is 0. The molecule has 3 aromatic heterocycles. The van der Waals surface area contributed by atoms with Crippen LogP contribution in [-0.2, 0) is 0 Å². The largest absolute Gasteiger partial charge is 0.307 e. The Bertz CT molecular complexity index is 3950. The molecule has 13 rings (SSSR count). The average Bonchev–Trinajstić information content (AvgIpc) is 3.95.